The van der Waals surface area contributed by atoms with Gasteiger partial charge in [-0.25, -0.2) is 14.3 Å². The van der Waals surface area contributed by atoms with Crippen LogP contribution in [-0.4, -0.2) is 31.1 Å². The third-order valence-corrected chi connectivity index (χ3v) is 3.55. The number of carbonyl (C=O) groups excluding carboxylic acids is 1. The maximum absolute atomic E-state index is 12.4. The standard InChI is InChI=1S/C14H21N5O3/c1-9(2)5-6-15-10(20)7-19-13(21)11-12(16-8-17(11)3)18(4)14(19)22/h8-9H,5-7H2,1-4H3,(H,15,20). The summed E-state index contributed by atoms with van der Waals surface area (Å²) in [5, 5.41) is 2.72. The van der Waals surface area contributed by atoms with Crippen molar-refractivity contribution >= 4 is 17.1 Å². The quantitative estimate of drug-likeness (QED) is 0.813. The van der Waals surface area contributed by atoms with E-state index in [0.29, 0.717) is 23.6 Å². The molecule has 2 rings (SSSR count). The molecule has 0 unspecified atom stereocenters. The first-order valence-electron chi connectivity index (χ1n) is 7.20. The van der Waals surface area contributed by atoms with Gasteiger partial charge in [0.15, 0.2) is 11.2 Å². The molecule has 0 atom stereocenters. The van der Waals surface area contributed by atoms with Gasteiger partial charge in [-0.05, 0) is 12.3 Å². The predicted octanol–water partition coefficient (Wildman–Crippen LogP) is -0.404. The largest absolute Gasteiger partial charge is 0.355 e. The van der Waals surface area contributed by atoms with Crippen molar-refractivity contribution in [2.45, 2.75) is 26.8 Å². The zero-order valence-electron chi connectivity index (χ0n) is 13.3. The van der Waals surface area contributed by atoms with Gasteiger partial charge in [0.2, 0.25) is 5.91 Å². The van der Waals surface area contributed by atoms with Crippen molar-refractivity contribution in [2.75, 3.05) is 6.54 Å². The van der Waals surface area contributed by atoms with Gasteiger partial charge < -0.3 is 9.88 Å². The Bertz CT molecular complexity index is 812. The van der Waals surface area contributed by atoms with Crippen molar-refractivity contribution in [3.05, 3.63) is 27.2 Å². The summed E-state index contributed by atoms with van der Waals surface area (Å²) in [7, 11) is 3.21. The fourth-order valence-corrected chi connectivity index (χ4v) is 2.24. The number of nitrogens with zero attached hydrogens (tertiary/aromatic N) is 4. The molecule has 0 aromatic carbocycles. The topological polar surface area (TPSA) is 90.9 Å². The average molecular weight is 307 g/mol. The van der Waals surface area contributed by atoms with Crippen LogP contribution >= 0.6 is 0 Å². The van der Waals surface area contributed by atoms with Crippen LogP contribution in [0.25, 0.3) is 11.2 Å². The second-order valence-corrected chi connectivity index (χ2v) is 5.79. The van der Waals surface area contributed by atoms with Crippen molar-refractivity contribution in [1.82, 2.24) is 24.0 Å². The van der Waals surface area contributed by atoms with Crippen LogP contribution in [0.3, 0.4) is 0 Å². The molecule has 0 saturated heterocycles. The number of aryl methyl sites for hydroxylation is 2. The summed E-state index contributed by atoms with van der Waals surface area (Å²) in [6.45, 7) is 4.36. The van der Waals surface area contributed by atoms with E-state index in [1.807, 2.05) is 0 Å². The second-order valence-electron chi connectivity index (χ2n) is 5.79. The number of hydrogen-bond acceptors (Lipinski definition) is 4. The summed E-state index contributed by atoms with van der Waals surface area (Å²) < 4.78 is 3.76. The number of rotatable bonds is 5. The molecule has 2 aromatic rings. The first kappa shape index (κ1) is 16.0. The lowest BCUT2D eigenvalue weighted by Gasteiger charge is -2.10. The zero-order valence-corrected chi connectivity index (χ0v) is 13.3. The van der Waals surface area contributed by atoms with Crippen molar-refractivity contribution in [3.8, 4) is 0 Å². The number of carbonyl (C=O) groups is 1. The molecule has 0 saturated carbocycles. The first-order chi connectivity index (χ1) is 10.3. The molecule has 22 heavy (non-hydrogen) atoms. The number of fused-ring (bicyclic) bond motifs is 1. The molecule has 1 amide bonds. The summed E-state index contributed by atoms with van der Waals surface area (Å²) in [6.07, 6.45) is 2.32. The summed E-state index contributed by atoms with van der Waals surface area (Å²) in [5.41, 5.74) is -0.432. The molecule has 8 nitrogen and oxygen atoms in total. The van der Waals surface area contributed by atoms with Crippen LogP contribution in [0.1, 0.15) is 20.3 Å². The highest BCUT2D eigenvalue weighted by molar-refractivity contribution is 5.76. The highest BCUT2D eigenvalue weighted by Gasteiger charge is 2.16. The van der Waals surface area contributed by atoms with Crippen LogP contribution in [0.15, 0.2) is 15.9 Å². The Morgan fingerprint density at radius 3 is 2.64 bits per heavy atom. The molecule has 0 aliphatic carbocycles. The van der Waals surface area contributed by atoms with Gasteiger partial charge in [-0.2, -0.15) is 0 Å². The zero-order chi connectivity index (χ0) is 16.4. The van der Waals surface area contributed by atoms with Crippen LogP contribution < -0.4 is 16.6 Å². The van der Waals surface area contributed by atoms with Gasteiger partial charge >= 0.3 is 5.69 Å². The number of nitrogens with one attached hydrogen (secondary N) is 1. The first-order valence-corrected chi connectivity index (χ1v) is 7.20. The molecule has 0 radical (unpaired) electrons. The average Bonchev–Trinajstić information content (AvgIpc) is 2.83. The van der Waals surface area contributed by atoms with E-state index in [9.17, 15) is 14.4 Å². The van der Waals surface area contributed by atoms with Gasteiger partial charge in [-0.1, -0.05) is 13.8 Å². The van der Waals surface area contributed by atoms with Crippen LogP contribution in [0, 0.1) is 5.92 Å². The maximum atomic E-state index is 12.4. The van der Waals surface area contributed by atoms with E-state index < -0.39 is 11.2 Å². The van der Waals surface area contributed by atoms with Crippen molar-refractivity contribution < 1.29 is 4.79 Å². The Labute approximate surface area is 127 Å². The molecule has 1 N–H and O–H groups in total. The van der Waals surface area contributed by atoms with Crippen molar-refractivity contribution in [1.29, 1.82) is 0 Å². The molecule has 0 bridgehead atoms. The lowest BCUT2D eigenvalue weighted by molar-refractivity contribution is -0.121. The predicted molar refractivity (Wildman–Crippen MR) is 82.7 cm³/mol. The van der Waals surface area contributed by atoms with Gasteiger partial charge in [0.05, 0.1) is 6.33 Å². The molecule has 0 spiro atoms. The Kier molecular flexibility index (Phi) is 4.48. The molecule has 8 heteroatoms. The second kappa shape index (κ2) is 6.17. The minimum atomic E-state index is -0.546. The fourth-order valence-electron chi connectivity index (χ4n) is 2.24. The SMILES string of the molecule is CC(C)CCNC(=O)Cn1c(=O)c2c(ncn2C)n(C)c1=O. The summed E-state index contributed by atoms with van der Waals surface area (Å²) in [4.78, 5) is 40.6. The molecular weight excluding hydrogens is 286 g/mol. The van der Waals surface area contributed by atoms with E-state index in [4.69, 9.17) is 0 Å². The highest BCUT2D eigenvalue weighted by Crippen LogP contribution is 2.02. The van der Waals surface area contributed by atoms with Crippen LogP contribution in [0.2, 0.25) is 0 Å². The van der Waals surface area contributed by atoms with E-state index in [0.717, 1.165) is 11.0 Å². The van der Waals surface area contributed by atoms with E-state index in [2.05, 4.69) is 24.1 Å². The Morgan fingerprint density at radius 1 is 1.32 bits per heavy atom. The fraction of sp³-hybridized carbons (Fsp3) is 0.571. The lowest BCUT2D eigenvalue weighted by Crippen LogP contribution is -2.43. The van der Waals surface area contributed by atoms with E-state index >= 15 is 0 Å². The maximum Gasteiger partial charge on any atom is 0.332 e. The van der Waals surface area contributed by atoms with Crippen LogP contribution in [-0.2, 0) is 25.4 Å². The van der Waals surface area contributed by atoms with Gasteiger partial charge in [0.25, 0.3) is 5.56 Å². The lowest BCUT2D eigenvalue weighted by atomic mass is 10.1. The molecule has 0 aliphatic heterocycles. The van der Waals surface area contributed by atoms with Crippen LogP contribution in [0.5, 0.6) is 0 Å². The number of amides is 1. The van der Waals surface area contributed by atoms with Gasteiger partial charge in [0.1, 0.15) is 6.54 Å². The molecule has 2 aromatic heterocycles. The van der Waals surface area contributed by atoms with Crippen molar-refractivity contribution in [3.63, 3.8) is 0 Å². The summed E-state index contributed by atoms with van der Waals surface area (Å²) in [5.74, 6) is 0.128. The number of hydrogen-bond donors (Lipinski definition) is 1. The Morgan fingerprint density at radius 2 is 2.00 bits per heavy atom. The van der Waals surface area contributed by atoms with E-state index in [1.54, 1.807) is 11.6 Å². The van der Waals surface area contributed by atoms with Gasteiger partial charge in [-0.15, -0.1) is 0 Å². The normalized spacial score (nSPS) is 11.3. The summed E-state index contributed by atoms with van der Waals surface area (Å²) in [6, 6.07) is 0. The smallest absolute Gasteiger partial charge is 0.332 e. The van der Waals surface area contributed by atoms with Crippen LogP contribution in [0.4, 0.5) is 0 Å². The van der Waals surface area contributed by atoms with E-state index in [-0.39, 0.29) is 12.5 Å². The van der Waals surface area contributed by atoms with Crippen molar-refractivity contribution in [2.24, 2.45) is 20.0 Å². The molecular formula is C14H21N5O3. The third kappa shape index (κ3) is 2.95. The van der Waals surface area contributed by atoms with E-state index in [1.165, 1.54) is 17.9 Å². The molecule has 0 fully saturated rings. The minimum Gasteiger partial charge on any atom is -0.355 e. The third-order valence-electron chi connectivity index (χ3n) is 3.55. The summed E-state index contributed by atoms with van der Waals surface area (Å²) >= 11 is 0. The molecule has 2 heterocycles. The Hall–Kier alpha value is -2.38. The minimum absolute atomic E-state index is 0.287. The van der Waals surface area contributed by atoms with Gasteiger partial charge in [0, 0.05) is 20.6 Å². The molecule has 120 valence electrons. The van der Waals surface area contributed by atoms with Gasteiger partial charge in [-0.3, -0.25) is 14.2 Å². The number of aromatic nitrogens is 4. The monoisotopic (exact) mass is 307 g/mol. The number of imidazole rings is 1. The Balaban J connectivity index is 2.32. The molecule has 0 aliphatic rings. The highest BCUT2D eigenvalue weighted by atomic mass is 16.2.